The molecule has 1 aliphatic rings. The normalized spacial score (nSPS) is 13.8. The van der Waals surface area contributed by atoms with E-state index in [4.69, 9.17) is 10.6 Å². The molecule has 0 saturated heterocycles. The summed E-state index contributed by atoms with van der Waals surface area (Å²) in [7, 11) is 0. The molecule has 2 N–H and O–H groups in total. The highest BCUT2D eigenvalue weighted by Gasteiger charge is 2.33. The molecule has 0 saturated carbocycles. The van der Waals surface area contributed by atoms with Crippen LogP contribution in [0, 0.1) is 11.6 Å². The standard InChI is InChI=1S/C25H18BrF5N2O3/c26-16-6-4-14(22(28)10-16)12-35-23-19(9-15(11-33-23)25(29,30)31)18-3-1-2-17(18)13-5-7-21(27)20(8-13)24(34)36-32/h4-11H,1-3,12,32H2. The summed E-state index contributed by atoms with van der Waals surface area (Å²) >= 11 is 3.16. The highest BCUT2D eigenvalue weighted by atomic mass is 79.9. The summed E-state index contributed by atoms with van der Waals surface area (Å²) in [6.07, 6.45) is -2.58. The van der Waals surface area contributed by atoms with Crippen LogP contribution in [0.1, 0.15) is 51.9 Å². The molecule has 3 aromatic rings. The Morgan fingerprint density at radius 3 is 2.47 bits per heavy atom. The van der Waals surface area contributed by atoms with Crippen LogP contribution in [0.4, 0.5) is 22.0 Å². The summed E-state index contributed by atoms with van der Waals surface area (Å²) < 4.78 is 75.1. The number of halogens is 6. The number of rotatable bonds is 6. The van der Waals surface area contributed by atoms with Gasteiger partial charge in [-0.1, -0.05) is 28.1 Å². The molecule has 1 heterocycles. The molecule has 0 spiro atoms. The van der Waals surface area contributed by atoms with Crippen molar-refractivity contribution in [3.8, 4) is 5.88 Å². The van der Waals surface area contributed by atoms with Gasteiger partial charge in [0.15, 0.2) is 0 Å². The predicted molar refractivity (Wildman–Crippen MR) is 124 cm³/mol. The third-order valence-corrected chi connectivity index (χ3v) is 6.24. The van der Waals surface area contributed by atoms with Gasteiger partial charge in [-0.25, -0.2) is 18.6 Å². The van der Waals surface area contributed by atoms with E-state index in [1.165, 1.54) is 24.3 Å². The van der Waals surface area contributed by atoms with E-state index in [9.17, 15) is 26.7 Å². The van der Waals surface area contributed by atoms with Gasteiger partial charge in [0.1, 0.15) is 18.2 Å². The number of ether oxygens (including phenoxy) is 1. The molecular formula is C25H18BrF5N2O3. The van der Waals surface area contributed by atoms with Gasteiger partial charge in [0.25, 0.3) is 0 Å². The van der Waals surface area contributed by atoms with Gasteiger partial charge >= 0.3 is 12.1 Å². The number of carbonyl (C=O) groups is 1. The Morgan fingerprint density at radius 1 is 1.03 bits per heavy atom. The van der Waals surface area contributed by atoms with Crippen LogP contribution < -0.4 is 10.6 Å². The van der Waals surface area contributed by atoms with E-state index < -0.39 is 34.9 Å². The number of allylic oxidation sites excluding steroid dienone is 2. The van der Waals surface area contributed by atoms with Crippen molar-refractivity contribution < 1.29 is 36.3 Å². The van der Waals surface area contributed by atoms with Crippen LogP contribution in [0.15, 0.2) is 53.1 Å². The number of hydrogen-bond donors (Lipinski definition) is 1. The summed E-state index contributed by atoms with van der Waals surface area (Å²) in [4.78, 5) is 19.9. The zero-order valence-electron chi connectivity index (χ0n) is 18.5. The topological polar surface area (TPSA) is 74.4 Å². The van der Waals surface area contributed by atoms with E-state index in [1.54, 1.807) is 6.07 Å². The maximum Gasteiger partial charge on any atom is 0.417 e. The molecular weight excluding hydrogens is 551 g/mol. The van der Waals surface area contributed by atoms with Gasteiger partial charge in [0, 0.05) is 21.8 Å². The minimum Gasteiger partial charge on any atom is -0.472 e. The summed E-state index contributed by atoms with van der Waals surface area (Å²) in [5.41, 5.74) is 0.409. The number of benzene rings is 2. The van der Waals surface area contributed by atoms with Gasteiger partial charge < -0.3 is 9.57 Å². The highest BCUT2D eigenvalue weighted by Crippen LogP contribution is 2.44. The second-order valence-electron chi connectivity index (χ2n) is 8.01. The quantitative estimate of drug-likeness (QED) is 0.260. The van der Waals surface area contributed by atoms with E-state index in [1.807, 2.05) is 0 Å². The Kier molecular flexibility index (Phi) is 7.41. The first kappa shape index (κ1) is 25.8. The molecule has 5 nitrogen and oxygen atoms in total. The van der Waals surface area contributed by atoms with Crippen LogP contribution >= 0.6 is 15.9 Å². The van der Waals surface area contributed by atoms with E-state index in [2.05, 4.69) is 25.8 Å². The van der Waals surface area contributed by atoms with Crippen molar-refractivity contribution in [1.29, 1.82) is 0 Å². The van der Waals surface area contributed by atoms with Crippen LogP contribution in [0.3, 0.4) is 0 Å². The van der Waals surface area contributed by atoms with Crippen LogP contribution in [-0.4, -0.2) is 11.0 Å². The van der Waals surface area contributed by atoms with Crippen molar-refractivity contribution in [3.63, 3.8) is 0 Å². The Balaban J connectivity index is 1.80. The number of pyridine rings is 1. The number of alkyl halides is 3. The zero-order valence-corrected chi connectivity index (χ0v) is 20.1. The molecule has 1 aliphatic carbocycles. The van der Waals surface area contributed by atoms with Crippen molar-refractivity contribution >= 4 is 33.0 Å². The van der Waals surface area contributed by atoms with Gasteiger partial charge in [-0.15, -0.1) is 0 Å². The summed E-state index contributed by atoms with van der Waals surface area (Å²) in [5.74, 6) is 2.29. The van der Waals surface area contributed by atoms with Crippen molar-refractivity contribution in [3.05, 3.63) is 92.6 Å². The fourth-order valence-electron chi connectivity index (χ4n) is 4.02. The van der Waals surface area contributed by atoms with Gasteiger partial charge in [-0.3, -0.25) is 0 Å². The largest absolute Gasteiger partial charge is 0.472 e. The van der Waals surface area contributed by atoms with Crippen LogP contribution in [0.5, 0.6) is 5.88 Å². The molecule has 1 aromatic heterocycles. The molecule has 0 atom stereocenters. The van der Waals surface area contributed by atoms with Crippen LogP contribution in [0.2, 0.25) is 0 Å². The molecule has 0 fully saturated rings. The van der Waals surface area contributed by atoms with E-state index in [0.29, 0.717) is 46.6 Å². The molecule has 188 valence electrons. The molecule has 4 rings (SSSR count). The fourth-order valence-corrected chi connectivity index (χ4v) is 4.35. The lowest BCUT2D eigenvalue weighted by atomic mass is 9.95. The zero-order chi connectivity index (χ0) is 26.0. The molecule has 0 bridgehead atoms. The third kappa shape index (κ3) is 5.41. The third-order valence-electron chi connectivity index (χ3n) is 5.74. The van der Waals surface area contributed by atoms with Crippen molar-refractivity contribution in [1.82, 2.24) is 4.98 Å². The molecule has 0 unspecified atom stereocenters. The number of carbonyl (C=O) groups excluding carboxylic acids is 1. The summed E-state index contributed by atoms with van der Waals surface area (Å²) in [5, 5.41) is 0. The van der Waals surface area contributed by atoms with Crippen LogP contribution in [-0.2, 0) is 17.6 Å². The van der Waals surface area contributed by atoms with Gasteiger partial charge in [0.2, 0.25) is 5.88 Å². The lowest BCUT2D eigenvalue weighted by molar-refractivity contribution is -0.137. The second kappa shape index (κ2) is 10.4. The fraction of sp³-hybridized carbons (Fsp3) is 0.200. The van der Waals surface area contributed by atoms with E-state index in [0.717, 1.165) is 12.1 Å². The number of hydrogen-bond acceptors (Lipinski definition) is 5. The number of aromatic nitrogens is 1. The maximum absolute atomic E-state index is 14.3. The van der Waals surface area contributed by atoms with E-state index in [-0.39, 0.29) is 23.6 Å². The minimum atomic E-state index is -4.66. The lowest BCUT2D eigenvalue weighted by Gasteiger charge is -2.16. The monoisotopic (exact) mass is 568 g/mol. The second-order valence-corrected chi connectivity index (χ2v) is 8.93. The molecule has 0 amide bonds. The van der Waals surface area contributed by atoms with Gasteiger partial charge in [-0.05, 0) is 66.3 Å². The SMILES string of the molecule is NOC(=O)c1cc(C2=C(c3cc(C(F)(F)F)cnc3OCc3ccc(Br)cc3F)CCC2)ccc1F. The van der Waals surface area contributed by atoms with E-state index >= 15 is 0 Å². The molecule has 0 aliphatic heterocycles. The average Bonchev–Trinajstić information content (AvgIpc) is 3.32. The summed E-state index contributed by atoms with van der Waals surface area (Å²) in [6.45, 7) is -0.268. The van der Waals surface area contributed by atoms with Gasteiger partial charge in [0.05, 0.1) is 11.1 Å². The van der Waals surface area contributed by atoms with Crippen LogP contribution in [0.25, 0.3) is 11.1 Å². The molecule has 0 radical (unpaired) electrons. The average molecular weight is 569 g/mol. The first-order valence-electron chi connectivity index (χ1n) is 10.7. The number of nitrogens with zero attached hydrogens (tertiary/aromatic N) is 1. The molecule has 2 aromatic carbocycles. The Labute approximate surface area is 210 Å². The Hall–Kier alpha value is -3.31. The Morgan fingerprint density at radius 2 is 1.78 bits per heavy atom. The minimum absolute atomic E-state index is 0.0853. The Bertz CT molecular complexity index is 1360. The number of nitrogens with two attached hydrogens (primary N) is 1. The first-order chi connectivity index (χ1) is 17.1. The van der Waals surface area contributed by atoms with Crippen molar-refractivity contribution in [2.45, 2.75) is 32.0 Å². The lowest BCUT2D eigenvalue weighted by Crippen LogP contribution is -2.12. The maximum atomic E-state index is 14.3. The highest BCUT2D eigenvalue weighted by molar-refractivity contribution is 9.10. The first-order valence-corrected chi connectivity index (χ1v) is 11.4. The van der Waals surface area contributed by atoms with Crippen molar-refractivity contribution in [2.75, 3.05) is 0 Å². The van der Waals surface area contributed by atoms with Gasteiger partial charge in [-0.2, -0.15) is 19.1 Å². The predicted octanol–water partition coefficient (Wildman–Crippen LogP) is 6.85. The molecule has 11 heteroatoms. The van der Waals surface area contributed by atoms with Crippen molar-refractivity contribution in [2.24, 2.45) is 5.90 Å². The summed E-state index contributed by atoms with van der Waals surface area (Å²) in [6, 6.07) is 8.99. The smallest absolute Gasteiger partial charge is 0.417 e. The molecule has 36 heavy (non-hydrogen) atoms.